The predicted molar refractivity (Wildman–Crippen MR) is 246 cm³/mol. The van der Waals surface area contributed by atoms with Crippen molar-refractivity contribution in [2.24, 2.45) is 0 Å². The largest absolute Gasteiger partial charge is 0.309 e. The first-order valence-electron chi connectivity index (χ1n) is 20.5. The summed E-state index contributed by atoms with van der Waals surface area (Å²) in [6.07, 6.45) is 2.04. The van der Waals surface area contributed by atoms with Crippen LogP contribution in [0.2, 0.25) is 0 Å². The molecule has 1 aromatic heterocycles. The van der Waals surface area contributed by atoms with Crippen LogP contribution in [0.1, 0.15) is 29.0 Å². The second-order valence-corrected chi connectivity index (χ2v) is 15.9. The summed E-state index contributed by atoms with van der Waals surface area (Å²) < 4.78 is 2.53. The SMILES string of the molecule is c1ccc(C2CCc3cc(-c4cccc5ccccc45)ccc3-c3cc4c(cc32)c2c3ccccc3c(-c3cccc5ccccc35)cc2n4-c2ccccc2)cc1. The highest BCUT2D eigenvalue weighted by Gasteiger charge is 2.28. The van der Waals surface area contributed by atoms with Gasteiger partial charge >= 0.3 is 0 Å². The maximum absolute atomic E-state index is 2.57. The molecule has 1 aliphatic carbocycles. The Hall–Kier alpha value is -7.22. The Morgan fingerprint density at radius 1 is 0.379 bits per heavy atom. The molecule has 1 unspecified atom stereocenters. The average molecular weight is 738 g/mol. The number of hydrogen-bond acceptors (Lipinski definition) is 0. The Morgan fingerprint density at radius 3 is 1.74 bits per heavy atom. The zero-order chi connectivity index (χ0) is 38.2. The lowest BCUT2D eigenvalue weighted by Crippen LogP contribution is -2.02. The summed E-state index contributed by atoms with van der Waals surface area (Å²) in [5, 5.41) is 10.3. The van der Waals surface area contributed by atoms with Gasteiger partial charge in [0.05, 0.1) is 11.0 Å². The smallest absolute Gasteiger partial charge is 0.0553 e. The van der Waals surface area contributed by atoms with Crippen LogP contribution in [0, 0.1) is 0 Å². The summed E-state index contributed by atoms with van der Waals surface area (Å²) >= 11 is 0. The molecule has 0 amide bonds. The molecule has 1 nitrogen and oxygen atoms in total. The highest BCUT2D eigenvalue weighted by molar-refractivity contribution is 6.25. The standard InChI is InChI=1S/C57H39N/c1-3-15-37(16-4-1)46-31-29-41-33-40(45-27-13-19-38-17-7-9-23-43(38)45)30-32-47(41)52-35-55-54(34-51(46)52)57-50-26-12-11-25-49(50)53(36-56(57)58(55)42-21-5-2-6-22-42)48-28-14-20-39-18-8-10-24-44(39)48/h1-28,30,32-36,46H,29,31H2. The molecular formula is C57H39N. The normalized spacial score (nSPS) is 13.9. The maximum atomic E-state index is 2.57. The van der Waals surface area contributed by atoms with Crippen molar-refractivity contribution >= 4 is 54.1 Å². The summed E-state index contributed by atoms with van der Waals surface area (Å²) in [6, 6.07) is 77.0. The Morgan fingerprint density at radius 2 is 0.983 bits per heavy atom. The molecule has 1 aliphatic rings. The topological polar surface area (TPSA) is 4.93 Å². The van der Waals surface area contributed by atoms with Gasteiger partial charge in [0.2, 0.25) is 0 Å². The lowest BCUT2D eigenvalue weighted by atomic mass is 9.84. The van der Waals surface area contributed by atoms with E-state index in [9.17, 15) is 0 Å². The molecule has 10 aromatic carbocycles. The average Bonchev–Trinajstić information content (AvgIpc) is 3.52. The summed E-state index contributed by atoms with van der Waals surface area (Å²) in [5.74, 6) is 0.255. The van der Waals surface area contributed by atoms with Gasteiger partial charge in [-0.15, -0.1) is 0 Å². The number of nitrogens with zero attached hydrogens (tertiary/aromatic N) is 1. The van der Waals surface area contributed by atoms with E-state index in [1.807, 2.05) is 0 Å². The van der Waals surface area contributed by atoms with E-state index in [2.05, 4.69) is 211 Å². The summed E-state index contributed by atoms with van der Waals surface area (Å²) in [6.45, 7) is 0. The molecule has 58 heavy (non-hydrogen) atoms. The van der Waals surface area contributed by atoms with Crippen molar-refractivity contribution in [3.8, 4) is 39.1 Å². The molecule has 0 radical (unpaired) electrons. The minimum absolute atomic E-state index is 0.255. The molecule has 1 heteroatoms. The van der Waals surface area contributed by atoms with Crippen LogP contribution in [-0.4, -0.2) is 4.57 Å². The van der Waals surface area contributed by atoms with Gasteiger partial charge < -0.3 is 4.57 Å². The van der Waals surface area contributed by atoms with E-state index in [1.54, 1.807) is 0 Å². The molecule has 1 heterocycles. The van der Waals surface area contributed by atoms with Crippen molar-refractivity contribution in [1.29, 1.82) is 0 Å². The molecule has 11 aromatic rings. The Labute approximate surface area is 338 Å². The van der Waals surface area contributed by atoms with Crippen molar-refractivity contribution in [2.75, 3.05) is 0 Å². The van der Waals surface area contributed by atoms with Gasteiger partial charge in [0, 0.05) is 22.4 Å². The van der Waals surface area contributed by atoms with Gasteiger partial charge in [-0.3, -0.25) is 0 Å². The number of aryl methyl sites for hydroxylation is 1. The second kappa shape index (κ2) is 13.2. The molecule has 0 N–H and O–H groups in total. The molecule has 0 aliphatic heterocycles. The van der Waals surface area contributed by atoms with Crippen LogP contribution in [0.25, 0.3) is 93.2 Å². The van der Waals surface area contributed by atoms with Gasteiger partial charge in [0.1, 0.15) is 0 Å². The Balaban J connectivity index is 1.18. The van der Waals surface area contributed by atoms with Crippen LogP contribution in [0.5, 0.6) is 0 Å². The van der Waals surface area contributed by atoms with Crippen LogP contribution in [0.3, 0.4) is 0 Å². The monoisotopic (exact) mass is 737 g/mol. The van der Waals surface area contributed by atoms with Crippen LogP contribution in [0.4, 0.5) is 0 Å². The summed E-state index contributed by atoms with van der Waals surface area (Å²) in [7, 11) is 0. The fourth-order valence-corrected chi connectivity index (χ4v) is 10.2. The van der Waals surface area contributed by atoms with E-state index in [4.69, 9.17) is 0 Å². The molecule has 0 bridgehead atoms. The third-order valence-electron chi connectivity index (χ3n) is 12.8. The van der Waals surface area contributed by atoms with Crippen molar-refractivity contribution in [2.45, 2.75) is 18.8 Å². The third-order valence-corrected chi connectivity index (χ3v) is 12.8. The lowest BCUT2D eigenvalue weighted by molar-refractivity contribution is 0.726. The molecule has 1 atom stereocenters. The molecule has 0 saturated carbocycles. The highest BCUT2D eigenvalue weighted by Crippen LogP contribution is 2.49. The van der Waals surface area contributed by atoms with E-state index in [0.717, 1.165) is 12.8 Å². The first-order chi connectivity index (χ1) is 28.8. The third kappa shape index (κ3) is 5.10. The fourth-order valence-electron chi connectivity index (χ4n) is 10.2. The van der Waals surface area contributed by atoms with E-state index >= 15 is 0 Å². The van der Waals surface area contributed by atoms with Crippen molar-refractivity contribution < 1.29 is 0 Å². The van der Waals surface area contributed by atoms with Gasteiger partial charge in [-0.25, -0.2) is 0 Å². The van der Waals surface area contributed by atoms with Crippen LogP contribution < -0.4 is 0 Å². The van der Waals surface area contributed by atoms with Gasteiger partial charge in [-0.05, 0) is 126 Å². The zero-order valence-corrected chi connectivity index (χ0v) is 32.1. The highest BCUT2D eigenvalue weighted by atomic mass is 15.0. The quantitative estimate of drug-likeness (QED) is 0.169. The molecule has 0 fully saturated rings. The summed E-state index contributed by atoms with van der Waals surface area (Å²) in [5.41, 5.74) is 15.6. The zero-order valence-electron chi connectivity index (χ0n) is 32.1. The van der Waals surface area contributed by atoms with E-state index in [1.165, 1.54) is 110 Å². The fraction of sp³-hybridized carbons (Fsp3) is 0.0526. The van der Waals surface area contributed by atoms with E-state index in [-0.39, 0.29) is 5.92 Å². The van der Waals surface area contributed by atoms with Crippen LogP contribution in [0.15, 0.2) is 206 Å². The number of aromatic nitrogens is 1. The maximum Gasteiger partial charge on any atom is 0.0553 e. The van der Waals surface area contributed by atoms with Gasteiger partial charge in [-0.1, -0.05) is 176 Å². The summed E-state index contributed by atoms with van der Waals surface area (Å²) in [4.78, 5) is 0. The van der Waals surface area contributed by atoms with Crippen LogP contribution >= 0.6 is 0 Å². The van der Waals surface area contributed by atoms with Gasteiger partial charge in [-0.2, -0.15) is 0 Å². The van der Waals surface area contributed by atoms with Crippen molar-refractivity contribution in [1.82, 2.24) is 4.57 Å². The van der Waals surface area contributed by atoms with Crippen molar-refractivity contribution in [3.63, 3.8) is 0 Å². The Kier molecular flexibility index (Phi) is 7.50. The molecule has 0 saturated heterocycles. The van der Waals surface area contributed by atoms with Gasteiger partial charge in [0.15, 0.2) is 0 Å². The predicted octanol–water partition coefficient (Wildman–Crippen LogP) is 15.3. The minimum atomic E-state index is 0.255. The number of hydrogen-bond donors (Lipinski definition) is 0. The van der Waals surface area contributed by atoms with Crippen molar-refractivity contribution in [3.05, 3.63) is 223 Å². The Bertz CT molecular complexity index is 3380. The molecule has 12 rings (SSSR count). The second-order valence-electron chi connectivity index (χ2n) is 15.9. The number of fused-ring (bicyclic) bond motifs is 10. The first kappa shape index (κ1) is 33.0. The number of benzene rings is 10. The number of para-hydroxylation sites is 1. The van der Waals surface area contributed by atoms with Crippen LogP contribution in [-0.2, 0) is 6.42 Å². The van der Waals surface area contributed by atoms with Gasteiger partial charge in [0.25, 0.3) is 0 Å². The molecule has 272 valence electrons. The lowest BCUT2D eigenvalue weighted by Gasteiger charge is -2.19. The molecule has 0 spiro atoms. The first-order valence-corrected chi connectivity index (χ1v) is 20.5. The van der Waals surface area contributed by atoms with E-state index in [0.29, 0.717) is 0 Å². The number of rotatable bonds is 4. The minimum Gasteiger partial charge on any atom is -0.309 e. The molecular weight excluding hydrogens is 699 g/mol. The van der Waals surface area contributed by atoms with E-state index < -0.39 is 0 Å².